The Hall–Kier alpha value is -3.12. The van der Waals surface area contributed by atoms with Crippen LogP contribution in [0, 0.1) is 56.2 Å². The molecule has 1 aromatic carbocycles. The number of epoxide rings is 1. The molecule has 3 aliphatic heterocycles. The van der Waals surface area contributed by atoms with Gasteiger partial charge in [-0.05, 0) is 214 Å². The summed E-state index contributed by atoms with van der Waals surface area (Å²) in [6, 6.07) is 5.21. The van der Waals surface area contributed by atoms with Crippen molar-refractivity contribution in [1.29, 1.82) is 0 Å². The number of carbonyl (C=O) groups excluding carboxylic acids is 2. The Labute approximate surface area is 447 Å². The number of aromatic amines is 1. The number of ketones is 2. The van der Waals surface area contributed by atoms with Crippen molar-refractivity contribution in [2.75, 3.05) is 26.8 Å². The zero-order valence-corrected chi connectivity index (χ0v) is 47.0. The van der Waals surface area contributed by atoms with E-state index in [1.54, 1.807) is 16.7 Å². The maximum atomic E-state index is 15.7. The van der Waals surface area contributed by atoms with Crippen LogP contribution in [0.1, 0.15) is 203 Å². The monoisotopic (exact) mass is 1030 g/mol. The van der Waals surface area contributed by atoms with Gasteiger partial charge in [0.15, 0.2) is 5.78 Å². The molecule has 10 aliphatic rings. The van der Waals surface area contributed by atoms with E-state index in [0.29, 0.717) is 62.7 Å². The third-order valence-electron chi connectivity index (χ3n) is 24.9. The number of aliphatic hydroxyl groups is 3. The lowest BCUT2D eigenvalue weighted by atomic mass is 9.30. The van der Waals surface area contributed by atoms with Gasteiger partial charge in [-0.25, -0.2) is 0 Å². The number of nitrogens with one attached hydrogen (secondary N) is 2. The first-order chi connectivity index (χ1) is 35.7. The second-order valence-corrected chi connectivity index (χ2v) is 29.0. The van der Waals surface area contributed by atoms with Crippen LogP contribution in [-0.2, 0) is 44.9 Å². The number of hydrogen-bond donors (Lipinski definition) is 5. The summed E-state index contributed by atoms with van der Waals surface area (Å²) in [6.45, 7) is 18.8. The smallest absolute Gasteiger partial charge is 0.160 e. The van der Waals surface area contributed by atoms with Gasteiger partial charge in [-0.15, -0.1) is 0 Å². The van der Waals surface area contributed by atoms with Crippen LogP contribution in [-0.4, -0.2) is 93.3 Å². The van der Waals surface area contributed by atoms with E-state index >= 15 is 4.79 Å². The van der Waals surface area contributed by atoms with Crippen LogP contribution >= 0.6 is 0 Å². The van der Waals surface area contributed by atoms with Crippen molar-refractivity contribution in [2.24, 2.45) is 56.2 Å². The molecular weight excluding hydrogens is 935 g/mol. The normalized spacial score (nSPS) is 42.5. The van der Waals surface area contributed by atoms with Crippen molar-refractivity contribution in [1.82, 2.24) is 14.9 Å². The second kappa shape index (κ2) is 17.7. The standard InChI is InChI=1S/C65H91N3O7/c1-59(2)58(75-59)49(71)31-60(3)20-15-40-34-67-54-41(27-37-28-45(39-18-25-74-26-19-39)44-14-13-38-11-9-10-12-43(38)46(44)29-37)35-68(55(40)54)36-47-52-53(60)48(70)32-63(52,6)62(5)21-17-50-61(4,23-24-66-8)51(72)33-65(22-16-42(69)30-65)64(50,7)57(62)56(47)73/h28-29,34-35,38-39,42-43,47,49-50,56-58,66-67,69,71,73H,9-27,30-33,36H2,1-8H3. The molecule has 3 aromatic rings. The van der Waals surface area contributed by atoms with Gasteiger partial charge in [0.2, 0.25) is 0 Å². The Kier molecular flexibility index (Phi) is 12.1. The molecule has 2 aromatic heterocycles. The molecule has 0 amide bonds. The number of aryl methyl sites for hydroxylation is 1. The molecule has 10 heteroatoms. The van der Waals surface area contributed by atoms with Crippen molar-refractivity contribution >= 4 is 22.6 Å². The summed E-state index contributed by atoms with van der Waals surface area (Å²) >= 11 is 0. The van der Waals surface area contributed by atoms with Crippen molar-refractivity contribution < 1.29 is 34.4 Å². The third-order valence-corrected chi connectivity index (χ3v) is 24.9. The van der Waals surface area contributed by atoms with Crippen LogP contribution in [0.3, 0.4) is 0 Å². The number of fused-ring (bicyclic) bond motifs is 8. The molecule has 0 radical (unpaired) electrons. The highest BCUT2D eigenvalue weighted by molar-refractivity contribution is 6.02. The third kappa shape index (κ3) is 7.35. The van der Waals surface area contributed by atoms with Crippen molar-refractivity contribution in [3.05, 3.63) is 69.1 Å². The van der Waals surface area contributed by atoms with E-state index in [0.717, 1.165) is 88.2 Å². The molecule has 5 saturated carbocycles. The summed E-state index contributed by atoms with van der Waals surface area (Å²) in [5.41, 5.74) is 9.42. The molecule has 7 fully saturated rings. The van der Waals surface area contributed by atoms with Gasteiger partial charge in [0.25, 0.3) is 0 Å². The maximum absolute atomic E-state index is 15.7. The van der Waals surface area contributed by atoms with Gasteiger partial charge in [-0.2, -0.15) is 0 Å². The molecule has 10 nitrogen and oxygen atoms in total. The number of allylic oxidation sites excluding steroid dienone is 1. The minimum Gasteiger partial charge on any atom is -0.393 e. The number of ether oxygens (including phenoxy) is 2. The van der Waals surface area contributed by atoms with Crippen LogP contribution in [0.5, 0.6) is 0 Å². The molecule has 0 bridgehead atoms. The van der Waals surface area contributed by atoms with Gasteiger partial charge in [0.05, 0.1) is 34.9 Å². The molecule has 2 saturated heterocycles. The summed E-state index contributed by atoms with van der Waals surface area (Å²) < 4.78 is 14.6. The van der Waals surface area contributed by atoms with Gasteiger partial charge in [0, 0.05) is 73.7 Å². The van der Waals surface area contributed by atoms with Crippen LogP contribution < -0.4 is 5.32 Å². The quantitative estimate of drug-likeness (QED) is 0.133. The minimum absolute atomic E-state index is 0.0119. The summed E-state index contributed by atoms with van der Waals surface area (Å²) in [5.74, 6) is 1.85. The number of carbonyl (C=O) groups is 2. The molecule has 75 heavy (non-hydrogen) atoms. The number of aliphatic hydroxyl groups excluding tert-OH is 3. The highest BCUT2D eigenvalue weighted by atomic mass is 16.6. The van der Waals surface area contributed by atoms with Gasteiger partial charge in [-0.1, -0.05) is 59.6 Å². The topological polar surface area (TPSA) is 149 Å². The maximum Gasteiger partial charge on any atom is 0.160 e. The number of nitrogens with zero attached hydrogens (tertiary/aromatic N) is 1. The van der Waals surface area contributed by atoms with Crippen molar-refractivity contribution in [2.45, 2.75) is 225 Å². The number of Topliss-reactive ketones (excluding diaryl/α,β-unsaturated/α-hetero) is 2. The van der Waals surface area contributed by atoms with E-state index in [4.69, 9.17) is 9.47 Å². The lowest BCUT2D eigenvalue weighted by molar-refractivity contribution is -0.262. The number of rotatable bonds is 9. The number of aromatic nitrogens is 2. The molecule has 408 valence electrons. The van der Waals surface area contributed by atoms with E-state index < -0.39 is 62.3 Å². The fourth-order valence-corrected chi connectivity index (χ4v) is 21.0. The molecule has 7 aliphatic carbocycles. The molecule has 1 spiro atoms. The van der Waals surface area contributed by atoms with Gasteiger partial charge in [-0.3, -0.25) is 9.59 Å². The van der Waals surface area contributed by atoms with E-state index in [-0.39, 0.29) is 23.7 Å². The summed E-state index contributed by atoms with van der Waals surface area (Å²) in [4.78, 5) is 34.6. The van der Waals surface area contributed by atoms with Gasteiger partial charge < -0.3 is 39.7 Å². The summed E-state index contributed by atoms with van der Waals surface area (Å²) in [7, 11) is 1.98. The minimum atomic E-state index is -0.822. The van der Waals surface area contributed by atoms with Gasteiger partial charge in [0.1, 0.15) is 11.9 Å². The van der Waals surface area contributed by atoms with E-state index in [9.17, 15) is 20.1 Å². The zero-order chi connectivity index (χ0) is 52.4. The van der Waals surface area contributed by atoms with Crippen LogP contribution in [0.15, 0.2) is 35.7 Å². The molecule has 13 rings (SSSR count). The molecule has 5 heterocycles. The zero-order valence-electron chi connectivity index (χ0n) is 47.0. The van der Waals surface area contributed by atoms with Crippen molar-refractivity contribution in [3.63, 3.8) is 0 Å². The Morgan fingerprint density at radius 2 is 1.64 bits per heavy atom. The summed E-state index contributed by atoms with van der Waals surface area (Å²) in [6.07, 6.45) is 20.2. The molecule has 5 N–H and O–H groups in total. The van der Waals surface area contributed by atoms with Crippen LogP contribution in [0.4, 0.5) is 0 Å². The Balaban J connectivity index is 0.976. The fraction of sp³-hybridized carbons (Fsp3) is 0.754. The Morgan fingerprint density at radius 1 is 0.880 bits per heavy atom. The van der Waals surface area contributed by atoms with Crippen LogP contribution in [0.25, 0.3) is 11.0 Å². The van der Waals surface area contributed by atoms with Gasteiger partial charge >= 0.3 is 0 Å². The van der Waals surface area contributed by atoms with E-state index in [1.807, 2.05) is 20.9 Å². The first-order valence-electron chi connectivity index (χ1n) is 30.3. The average Bonchev–Trinajstić information content (AvgIpc) is 3.83. The van der Waals surface area contributed by atoms with Crippen LogP contribution in [0.2, 0.25) is 0 Å². The Bertz CT molecular complexity index is 2820. The highest BCUT2D eigenvalue weighted by Gasteiger charge is 2.77. The average molecular weight is 1030 g/mol. The SMILES string of the molecule is CNCCC1(C)C(=O)CC2(CCC(O)C2)C2(C)C1CCC1(C)C2C(O)C2Cn3cc(Cc4cc(C5CCOCC5)c5c(c4)C4CCCCC4CC5)c4[nH]cc(c43)CCC(C)(CC(O)C3OC3(C)C)C3=C2C1(C)CC3=O. The molecule has 15 unspecified atom stereocenters. The number of benzene rings is 1. The summed E-state index contributed by atoms with van der Waals surface area (Å²) in [5, 5.41) is 41.5. The highest BCUT2D eigenvalue weighted by Crippen LogP contribution is 2.80. The van der Waals surface area contributed by atoms with E-state index in [2.05, 4.69) is 74.0 Å². The fourth-order valence-electron chi connectivity index (χ4n) is 21.0. The lowest BCUT2D eigenvalue weighted by Gasteiger charge is -2.74. The van der Waals surface area contributed by atoms with Crippen molar-refractivity contribution in [3.8, 4) is 0 Å². The largest absolute Gasteiger partial charge is 0.393 e. The first-order valence-corrected chi connectivity index (χ1v) is 30.3. The predicted octanol–water partition coefficient (Wildman–Crippen LogP) is 11.0. The Morgan fingerprint density at radius 3 is 2.37 bits per heavy atom. The molecule has 15 atom stereocenters. The second-order valence-electron chi connectivity index (χ2n) is 29.0. The molecular formula is C65H91N3O7. The van der Waals surface area contributed by atoms with E-state index in [1.165, 1.54) is 66.2 Å². The lowest BCUT2D eigenvalue weighted by Crippen LogP contribution is -2.72. The predicted molar refractivity (Wildman–Crippen MR) is 293 cm³/mol. The number of H-pyrrole nitrogens is 1. The first kappa shape index (κ1) is 51.3. The number of hydrogen-bond acceptors (Lipinski definition) is 8.